The van der Waals surface area contributed by atoms with Crippen LogP contribution in [0, 0.1) is 0 Å². The quantitative estimate of drug-likeness (QED) is 0.474. The molecule has 4 heteroatoms. The second-order valence-corrected chi connectivity index (χ2v) is 6.91. The molecule has 0 unspecified atom stereocenters. The van der Waals surface area contributed by atoms with E-state index in [0.717, 1.165) is 28.2 Å². The molecule has 3 aromatic carbocycles. The molecule has 0 saturated carbocycles. The highest BCUT2D eigenvalue weighted by Crippen LogP contribution is 2.19. The molecule has 0 aliphatic rings. The van der Waals surface area contributed by atoms with Crippen molar-refractivity contribution in [3.8, 4) is 11.5 Å². The Bertz CT molecular complexity index is 965. The molecule has 0 heterocycles. The van der Waals surface area contributed by atoms with Gasteiger partial charge in [-0.05, 0) is 47.4 Å². The molecule has 0 atom stereocenters. The average molecular weight is 402 g/mol. The Morgan fingerprint density at radius 2 is 1.57 bits per heavy atom. The van der Waals surface area contributed by atoms with E-state index in [1.807, 2.05) is 89.8 Å². The number of nitrogens with zero attached hydrogens (tertiary/aromatic N) is 1. The van der Waals surface area contributed by atoms with Gasteiger partial charge in [-0.2, -0.15) is 0 Å². The van der Waals surface area contributed by atoms with Crippen molar-refractivity contribution in [2.75, 3.05) is 20.8 Å². The molecule has 30 heavy (non-hydrogen) atoms. The van der Waals surface area contributed by atoms with Crippen LogP contribution in [0.15, 0.2) is 84.9 Å². The van der Waals surface area contributed by atoms with Crippen molar-refractivity contribution in [2.45, 2.75) is 13.0 Å². The summed E-state index contributed by atoms with van der Waals surface area (Å²) in [7, 11) is 3.31. The molecule has 0 saturated heterocycles. The van der Waals surface area contributed by atoms with Gasteiger partial charge in [-0.3, -0.25) is 4.79 Å². The summed E-state index contributed by atoms with van der Waals surface area (Å²) in [6, 6.07) is 25.6. The smallest absolute Gasteiger partial charge is 0.246 e. The van der Waals surface area contributed by atoms with Crippen molar-refractivity contribution < 1.29 is 14.3 Å². The van der Waals surface area contributed by atoms with E-state index in [9.17, 15) is 4.79 Å². The molecule has 0 aromatic heterocycles. The maximum absolute atomic E-state index is 13.0. The van der Waals surface area contributed by atoms with Crippen LogP contribution in [0.4, 0.5) is 0 Å². The van der Waals surface area contributed by atoms with Crippen LogP contribution in [0.5, 0.6) is 11.5 Å². The number of rotatable bonds is 9. The number of hydrogen-bond donors (Lipinski definition) is 0. The monoisotopic (exact) mass is 401 g/mol. The van der Waals surface area contributed by atoms with Crippen LogP contribution < -0.4 is 9.47 Å². The van der Waals surface area contributed by atoms with Gasteiger partial charge in [-0.25, -0.2) is 0 Å². The van der Waals surface area contributed by atoms with Gasteiger partial charge in [-0.15, -0.1) is 0 Å². The number of para-hydroxylation sites is 1. The highest BCUT2D eigenvalue weighted by atomic mass is 16.5. The molecule has 0 aliphatic carbocycles. The van der Waals surface area contributed by atoms with Crippen LogP contribution in [0.25, 0.3) is 6.08 Å². The van der Waals surface area contributed by atoms with Crippen molar-refractivity contribution in [1.82, 2.24) is 4.90 Å². The van der Waals surface area contributed by atoms with Gasteiger partial charge in [0.1, 0.15) is 11.5 Å². The minimum atomic E-state index is -0.0235. The minimum Gasteiger partial charge on any atom is -0.497 e. The molecular weight excluding hydrogens is 374 g/mol. The highest BCUT2D eigenvalue weighted by molar-refractivity contribution is 5.91. The normalized spacial score (nSPS) is 10.7. The predicted octanol–water partition coefficient (Wildman–Crippen LogP) is 4.99. The molecule has 4 nitrogen and oxygen atoms in total. The van der Waals surface area contributed by atoms with Crippen LogP contribution in [-0.2, 0) is 17.8 Å². The average Bonchev–Trinajstić information content (AvgIpc) is 2.81. The Labute approximate surface area is 178 Å². The third kappa shape index (κ3) is 5.98. The molecule has 1 amide bonds. The summed E-state index contributed by atoms with van der Waals surface area (Å²) in [5.41, 5.74) is 3.14. The van der Waals surface area contributed by atoms with Crippen molar-refractivity contribution in [1.29, 1.82) is 0 Å². The second-order valence-electron chi connectivity index (χ2n) is 6.91. The Morgan fingerprint density at radius 3 is 2.27 bits per heavy atom. The largest absolute Gasteiger partial charge is 0.497 e. The Morgan fingerprint density at radius 1 is 0.867 bits per heavy atom. The van der Waals surface area contributed by atoms with E-state index in [4.69, 9.17) is 9.47 Å². The van der Waals surface area contributed by atoms with Gasteiger partial charge in [0, 0.05) is 19.2 Å². The number of ether oxygens (including phenoxy) is 2. The lowest BCUT2D eigenvalue weighted by atomic mass is 10.1. The fourth-order valence-electron chi connectivity index (χ4n) is 3.22. The lowest BCUT2D eigenvalue weighted by Crippen LogP contribution is -2.31. The molecule has 0 bridgehead atoms. The Kier molecular flexibility index (Phi) is 7.67. The minimum absolute atomic E-state index is 0.0235. The van der Waals surface area contributed by atoms with Gasteiger partial charge in [0.15, 0.2) is 0 Å². The highest BCUT2D eigenvalue weighted by Gasteiger charge is 2.13. The topological polar surface area (TPSA) is 38.8 Å². The molecule has 3 aromatic rings. The third-order valence-electron chi connectivity index (χ3n) is 4.91. The molecule has 3 rings (SSSR count). The van der Waals surface area contributed by atoms with Crippen LogP contribution in [0.1, 0.15) is 16.7 Å². The van der Waals surface area contributed by atoms with Gasteiger partial charge in [0.25, 0.3) is 0 Å². The SMILES string of the molecule is COc1ccc(CN(CCc2ccccc2OC)C(=O)/C=C/c2ccccc2)cc1. The summed E-state index contributed by atoms with van der Waals surface area (Å²) in [4.78, 5) is 14.9. The number of benzene rings is 3. The number of amides is 1. The molecule has 0 aliphatic heterocycles. The predicted molar refractivity (Wildman–Crippen MR) is 121 cm³/mol. The van der Waals surface area contributed by atoms with Crippen LogP contribution >= 0.6 is 0 Å². The lowest BCUT2D eigenvalue weighted by molar-refractivity contribution is -0.126. The summed E-state index contributed by atoms with van der Waals surface area (Å²) in [5.74, 6) is 1.62. The first-order valence-electron chi connectivity index (χ1n) is 9.96. The van der Waals surface area contributed by atoms with Gasteiger partial charge in [-0.1, -0.05) is 60.7 Å². The number of methoxy groups -OCH3 is 2. The van der Waals surface area contributed by atoms with Gasteiger partial charge >= 0.3 is 0 Å². The number of carbonyl (C=O) groups excluding carboxylic acids is 1. The van der Waals surface area contributed by atoms with Crippen molar-refractivity contribution >= 4 is 12.0 Å². The van der Waals surface area contributed by atoms with E-state index < -0.39 is 0 Å². The zero-order valence-electron chi connectivity index (χ0n) is 17.5. The van der Waals surface area contributed by atoms with E-state index in [2.05, 4.69) is 0 Å². The maximum Gasteiger partial charge on any atom is 0.246 e. The Hall–Kier alpha value is -3.53. The maximum atomic E-state index is 13.0. The summed E-state index contributed by atoms with van der Waals surface area (Å²) >= 11 is 0. The first-order valence-corrected chi connectivity index (χ1v) is 9.96. The zero-order chi connectivity index (χ0) is 21.2. The van der Waals surface area contributed by atoms with Gasteiger partial charge < -0.3 is 14.4 Å². The first-order chi connectivity index (χ1) is 14.7. The molecule has 0 N–H and O–H groups in total. The molecular formula is C26H27NO3. The molecule has 0 radical (unpaired) electrons. The molecule has 0 fully saturated rings. The standard InChI is InChI=1S/C26H27NO3/c1-29-24-15-12-22(13-16-24)20-27(19-18-23-10-6-7-11-25(23)30-2)26(28)17-14-21-8-4-3-5-9-21/h3-17H,18-20H2,1-2H3/b17-14+. The summed E-state index contributed by atoms with van der Waals surface area (Å²) in [6.45, 7) is 1.11. The fraction of sp³-hybridized carbons (Fsp3) is 0.192. The zero-order valence-corrected chi connectivity index (χ0v) is 17.5. The van der Waals surface area contributed by atoms with E-state index in [1.165, 1.54) is 0 Å². The summed E-state index contributed by atoms with van der Waals surface area (Å²) in [5, 5.41) is 0. The fourth-order valence-corrected chi connectivity index (χ4v) is 3.22. The molecule has 154 valence electrons. The van der Waals surface area contributed by atoms with Crippen LogP contribution in [-0.4, -0.2) is 31.6 Å². The molecule has 0 spiro atoms. The summed E-state index contributed by atoms with van der Waals surface area (Å²) in [6.07, 6.45) is 4.21. The van der Waals surface area contributed by atoms with Crippen molar-refractivity contribution in [2.24, 2.45) is 0 Å². The lowest BCUT2D eigenvalue weighted by Gasteiger charge is -2.22. The van der Waals surface area contributed by atoms with E-state index >= 15 is 0 Å². The van der Waals surface area contributed by atoms with Crippen LogP contribution in [0.3, 0.4) is 0 Å². The number of carbonyl (C=O) groups is 1. The van der Waals surface area contributed by atoms with Crippen LogP contribution in [0.2, 0.25) is 0 Å². The van der Waals surface area contributed by atoms with Gasteiger partial charge in [0.05, 0.1) is 14.2 Å². The van der Waals surface area contributed by atoms with Crippen molar-refractivity contribution in [3.05, 3.63) is 102 Å². The summed E-state index contributed by atoms with van der Waals surface area (Å²) < 4.78 is 10.7. The van der Waals surface area contributed by atoms with Gasteiger partial charge in [0.2, 0.25) is 5.91 Å². The first kappa shape index (κ1) is 21.2. The third-order valence-corrected chi connectivity index (χ3v) is 4.91. The van der Waals surface area contributed by atoms with E-state index in [-0.39, 0.29) is 5.91 Å². The second kappa shape index (κ2) is 10.9. The van der Waals surface area contributed by atoms with E-state index in [0.29, 0.717) is 19.5 Å². The van der Waals surface area contributed by atoms with E-state index in [1.54, 1.807) is 20.3 Å². The number of hydrogen-bond acceptors (Lipinski definition) is 3. The van der Waals surface area contributed by atoms with Crippen molar-refractivity contribution in [3.63, 3.8) is 0 Å². The Balaban J connectivity index is 1.76.